The number of aliphatic carboxylic acids is 1. The second-order valence-corrected chi connectivity index (χ2v) is 6.73. The molecule has 1 aromatic carbocycles. The van der Waals surface area contributed by atoms with Crippen LogP contribution in [0, 0.1) is 11.8 Å². The minimum absolute atomic E-state index is 0.106. The van der Waals surface area contributed by atoms with Crippen LogP contribution in [-0.2, 0) is 25.5 Å². The molecule has 0 spiro atoms. The van der Waals surface area contributed by atoms with Crippen LogP contribution in [0.2, 0.25) is 0 Å². The van der Waals surface area contributed by atoms with Gasteiger partial charge in [0, 0.05) is 17.9 Å². The van der Waals surface area contributed by atoms with Gasteiger partial charge in [0.05, 0.1) is 11.8 Å². The number of carboxylic acid groups (broad SMARTS) is 1. The highest BCUT2D eigenvalue weighted by Gasteiger charge is 2.21. The van der Waals surface area contributed by atoms with E-state index in [-0.39, 0.29) is 18.9 Å². The molecule has 0 aromatic heterocycles. The highest BCUT2D eigenvalue weighted by atomic mass is 79.9. The maximum absolute atomic E-state index is 11.7. The molecule has 25 heavy (non-hydrogen) atoms. The minimum atomic E-state index is -1.05. The zero-order valence-electron chi connectivity index (χ0n) is 14.3. The van der Waals surface area contributed by atoms with Gasteiger partial charge in [0.15, 0.2) is 0 Å². The van der Waals surface area contributed by atoms with Crippen LogP contribution < -0.4 is 5.32 Å². The molecule has 2 N–H and O–H groups in total. The summed E-state index contributed by atoms with van der Waals surface area (Å²) in [6.07, 6.45) is -1.64. The predicted molar refractivity (Wildman–Crippen MR) is 93.8 cm³/mol. The maximum atomic E-state index is 11.7. The van der Waals surface area contributed by atoms with Crippen LogP contribution in [0.1, 0.15) is 26.3 Å². The number of carboxylic acids is 1. The smallest absolute Gasteiger partial charge is 0.410 e. The Labute approximate surface area is 154 Å². The van der Waals surface area contributed by atoms with Gasteiger partial charge in [0.25, 0.3) is 0 Å². The molecule has 0 heterocycles. The van der Waals surface area contributed by atoms with E-state index >= 15 is 0 Å². The van der Waals surface area contributed by atoms with Gasteiger partial charge < -0.3 is 19.9 Å². The number of carbonyl (C=O) groups is 3. The number of ether oxygens (including phenoxy) is 2. The summed E-state index contributed by atoms with van der Waals surface area (Å²) >= 11 is 3.33. The lowest BCUT2D eigenvalue weighted by Gasteiger charge is -2.17. The zero-order chi connectivity index (χ0) is 19.0. The van der Waals surface area contributed by atoms with Crippen molar-refractivity contribution in [2.75, 3.05) is 6.54 Å². The number of hydrogen-bond acceptors (Lipinski definition) is 5. The standard InChI is InChI=1S/C17H22BrNO6/c1-10(2)16(22)24-11(3)25-17(23)19-9-13(15(20)21)7-12-5-4-6-14(18)8-12/h4-6,8,10-11,13H,7,9H2,1-3H3,(H,19,23)(H,20,21)/t11-,13-/m0/s1. The number of amides is 1. The van der Waals surface area contributed by atoms with Gasteiger partial charge >= 0.3 is 18.0 Å². The Bertz CT molecular complexity index is 619. The molecule has 2 atom stereocenters. The zero-order valence-corrected chi connectivity index (χ0v) is 15.9. The number of carbonyl (C=O) groups excluding carboxylic acids is 2. The Balaban J connectivity index is 2.50. The first kappa shape index (κ1) is 21.0. The normalized spacial score (nSPS) is 13.0. The molecule has 1 rings (SSSR count). The second-order valence-electron chi connectivity index (χ2n) is 5.81. The SMILES string of the molecule is CC(C)C(=O)O[C@H](C)OC(=O)NC[C@H](Cc1cccc(Br)c1)C(=O)O. The van der Waals surface area contributed by atoms with Crippen LogP contribution in [0.25, 0.3) is 0 Å². The van der Waals surface area contributed by atoms with Crippen molar-refractivity contribution >= 4 is 34.0 Å². The van der Waals surface area contributed by atoms with Gasteiger partial charge in [-0.1, -0.05) is 41.9 Å². The first-order valence-corrected chi connectivity index (χ1v) is 8.60. The van der Waals surface area contributed by atoms with Gasteiger partial charge in [0.1, 0.15) is 0 Å². The Morgan fingerprint density at radius 2 is 1.88 bits per heavy atom. The lowest BCUT2D eigenvalue weighted by atomic mass is 9.99. The number of hydrogen-bond donors (Lipinski definition) is 2. The fourth-order valence-corrected chi connectivity index (χ4v) is 2.36. The molecule has 0 radical (unpaired) electrons. The Kier molecular flexibility index (Phi) is 8.40. The van der Waals surface area contributed by atoms with E-state index in [1.807, 2.05) is 24.3 Å². The summed E-state index contributed by atoms with van der Waals surface area (Å²) in [4.78, 5) is 34.5. The molecule has 0 aliphatic carbocycles. The minimum Gasteiger partial charge on any atom is -0.481 e. The fraction of sp³-hybridized carbons (Fsp3) is 0.471. The van der Waals surface area contributed by atoms with Crippen molar-refractivity contribution in [3.8, 4) is 0 Å². The molecule has 8 heteroatoms. The quantitative estimate of drug-likeness (QED) is 0.499. The molecule has 138 valence electrons. The molecular formula is C17H22BrNO6. The molecule has 1 amide bonds. The average molecular weight is 416 g/mol. The van der Waals surface area contributed by atoms with Crippen molar-refractivity contribution < 1.29 is 29.0 Å². The number of alkyl carbamates (subject to hydrolysis) is 1. The molecule has 1 aromatic rings. The van der Waals surface area contributed by atoms with Crippen LogP contribution in [-0.4, -0.2) is 36.0 Å². The Hall–Kier alpha value is -2.09. The molecule has 7 nitrogen and oxygen atoms in total. The summed E-state index contributed by atoms with van der Waals surface area (Å²) in [5, 5.41) is 11.7. The van der Waals surface area contributed by atoms with Crippen molar-refractivity contribution in [3.63, 3.8) is 0 Å². The summed E-state index contributed by atoms with van der Waals surface area (Å²) in [6, 6.07) is 7.29. The van der Waals surface area contributed by atoms with E-state index in [9.17, 15) is 19.5 Å². The largest absolute Gasteiger partial charge is 0.481 e. The van der Waals surface area contributed by atoms with E-state index in [0.717, 1.165) is 10.0 Å². The van der Waals surface area contributed by atoms with Gasteiger partial charge in [-0.15, -0.1) is 0 Å². The highest BCUT2D eigenvalue weighted by Crippen LogP contribution is 2.15. The molecule has 0 saturated heterocycles. The van der Waals surface area contributed by atoms with E-state index in [1.54, 1.807) is 13.8 Å². The van der Waals surface area contributed by atoms with Gasteiger partial charge in [0.2, 0.25) is 6.29 Å². The molecule has 0 bridgehead atoms. The second kappa shape index (κ2) is 10.0. The van der Waals surface area contributed by atoms with Crippen molar-refractivity contribution in [2.24, 2.45) is 11.8 Å². The first-order chi connectivity index (χ1) is 11.7. The summed E-state index contributed by atoms with van der Waals surface area (Å²) < 4.78 is 10.6. The highest BCUT2D eigenvalue weighted by molar-refractivity contribution is 9.10. The van der Waals surface area contributed by atoms with Crippen LogP contribution >= 0.6 is 15.9 Å². The number of esters is 1. The van der Waals surface area contributed by atoms with Gasteiger partial charge in [-0.25, -0.2) is 4.79 Å². The van der Waals surface area contributed by atoms with Crippen LogP contribution in [0.3, 0.4) is 0 Å². The van der Waals surface area contributed by atoms with E-state index in [0.29, 0.717) is 0 Å². The first-order valence-electron chi connectivity index (χ1n) is 7.81. The van der Waals surface area contributed by atoms with Gasteiger partial charge in [-0.3, -0.25) is 9.59 Å². The molecule has 0 unspecified atom stereocenters. The van der Waals surface area contributed by atoms with Gasteiger partial charge in [-0.2, -0.15) is 0 Å². The molecular weight excluding hydrogens is 394 g/mol. The number of rotatable bonds is 8. The lowest BCUT2D eigenvalue weighted by Crippen LogP contribution is -2.36. The third kappa shape index (κ3) is 8.02. The van der Waals surface area contributed by atoms with E-state index in [1.165, 1.54) is 6.92 Å². The Morgan fingerprint density at radius 3 is 2.44 bits per heavy atom. The van der Waals surface area contributed by atoms with Gasteiger partial charge in [-0.05, 0) is 24.1 Å². The van der Waals surface area contributed by atoms with Crippen molar-refractivity contribution in [3.05, 3.63) is 34.3 Å². The Morgan fingerprint density at radius 1 is 1.20 bits per heavy atom. The summed E-state index contributed by atoms with van der Waals surface area (Å²) in [7, 11) is 0. The van der Waals surface area contributed by atoms with E-state index < -0.39 is 30.2 Å². The van der Waals surface area contributed by atoms with Crippen LogP contribution in [0.5, 0.6) is 0 Å². The monoisotopic (exact) mass is 415 g/mol. The van der Waals surface area contributed by atoms with Crippen molar-refractivity contribution in [1.82, 2.24) is 5.32 Å². The number of halogens is 1. The predicted octanol–water partition coefficient (Wildman–Crippen LogP) is 2.96. The van der Waals surface area contributed by atoms with E-state index in [2.05, 4.69) is 21.2 Å². The van der Waals surface area contributed by atoms with Crippen LogP contribution in [0.15, 0.2) is 28.7 Å². The summed E-state index contributed by atoms with van der Waals surface area (Å²) in [5.74, 6) is -2.66. The molecule has 0 aliphatic heterocycles. The third-order valence-corrected chi connectivity index (χ3v) is 3.73. The molecule has 0 saturated carbocycles. The maximum Gasteiger partial charge on any atom is 0.410 e. The fourth-order valence-electron chi connectivity index (χ4n) is 1.92. The lowest BCUT2D eigenvalue weighted by molar-refractivity contribution is -0.168. The number of nitrogens with one attached hydrogen (secondary N) is 1. The van der Waals surface area contributed by atoms with Crippen molar-refractivity contribution in [1.29, 1.82) is 0 Å². The third-order valence-electron chi connectivity index (χ3n) is 3.24. The van der Waals surface area contributed by atoms with Crippen molar-refractivity contribution in [2.45, 2.75) is 33.5 Å². The van der Waals surface area contributed by atoms with Crippen LogP contribution in [0.4, 0.5) is 4.79 Å². The average Bonchev–Trinajstić information content (AvgIpc) is 2.50. The van der Waals surface area contributed by atoms with E-state index in [4.69, 9.17) is 9.47 Å². The molecule has 0 aliphatic rings. The topological polar surface area (TPSA) is 102 Å². The summed E-state index contributed by atoms with van der Waals surface area (Å²) in [6.45, 7) is 4.63. The summed E-state index contributed by atoms with van der Waals surface area (Å²) in [5.41, 5.74) is 0.830. The molecule has 0 fully saturated rings. The number of benzene rings is 1.